The molecular formula is C24H28N6O2S. The lowest BCUT2D eigenvalue weighted by molar-refractivity contribution is 0.276. The van der Waals surface area contributed by atoms with Crippen LogP contribution >= 0.6 is 0 Å². The number of pyridine rings is 1. The summed E-state index contributed by atoms with van der Waals surface area (Å²) in [6, 6.07) is 13.1. The molecule has 4 rings (SSSR count). The summed E-state index contributed by atoms with van der Waals surface area (Å²) in [5, 5.41) is 14.9. The van der Waals surface area contributed by atoms with Gasteiger partial charge in [-0.25, -0.2) is 19.6 Å². The molecule has 0 fully saturated rings. The summed E-state index contributed by atoms with van der Waals surface area (Å²) in [4.78, 5) is 13.7. The number of nitrogens with zero attached hydrogens (tertiary/aromatic N) is 6. The molecule has 9 heteroatoms. The first-order chi connectivity index (χ1) is 15.7. The van der Waals surface area contributed by atoms with Crippen molar-refractivity contribution < 1.29 is 9.66 Å². The maximum Gasteiger partial charge on any atom is 0.159 e. The predicted molar refractivity (Wildman–Crippen MR) is 130 cm³/mol. The van der Waals surface area contributed by atoms with Crippen LogP contribution in [0.2, 0.25) is 0 Å². The Balaban J connectivity index is 1.70. The summed E-state index contributed by atoms with van der Waals surface area (Å²) >= 11 is -1.17. The number of aliphatic hydroxyl groups excluding tert-OH is 1. The highest BCUT2D eigenvalue weighted by molar-refractivity contribution is 7.90. The van der Waals surface area contributed by atoms with E-state index in [0.29, 0.717) is 17.3 Å². The van der Waals surface area contributed by atoms with E-state index < -0.39 is 11.4 Å². The third-order valence-electron chi connectivity index (χ3n) is 5.44. The van der Waals surface area contributed by atoms with Gasteiger partial charge in [-0.15, -0.1) is 4.31 Å². The number of aromatic nitrogens is 5. The van der Waals surface area contributed by atoms with Gasteiger partial charge in [-0.1, -0.05) is 18.2 Å². The van der Waals surface area contributed by atoms with Crippen molar-refractivity contribution in [2.75, 3.05) is 7.05 Å². The van der Waals surface area contributed by atoms with E-state index in [4.69, 9.17) is 4.98 Å². The van der Waals surface area contributed by atoms with Crippen LogP contribution in [0, 0.1) is 0 Å². The van der Waals surface area contributed by atoms with Crippen LogP contribution in [0.5, 0.6) is 0 Å². The second kappa shape index (κ2) is 9.18. The Bertz CT molecular complexity index is 1270. The molecule has 0 aliphatic heterocycles. The third kappa shape index (κ3) is 4.77. The molecular weight excluding hydrogens is 436 g/mol. The largest absolute Gasteiger partial charge is 0.597 e. The van der Waals surface area contributed by atoms with Crippen molar-refractivity contribution in [2.24, 2.45) is 0 Å². The number of benzene rings is 1. The second-order valence-electron chi connectivity index (χ2n) is 8.86. The van der Waals surface area contributed by atoms with Gasteiger partial charge in [0.1, 0.15) is 4.75 Å². The fraction of sp³-hybridized carbons (Fsp3) is 0.333. The molecule has 0 aliphatic carbocycles. The Hall–Kier alpha value is -2.85. The van der Waals surface area contributed by atoms with Crippen LogP contribution in [0.4, 0.5) is 0 Å². The van der Waals surface area contributed by atoms with Gasteiger partial charge in [-0.05, 0) is 52.0 Å². The quantitative estimate of drug-likeness (QED) is 0.433. The van der Waals surface area contributed by atoms with Gasteiger partial charge in [-0.2, -0.15) is 5.10 Å². The van der Waals surface area contributed by atoms with Gasteiger partial charge in [0.2, 0.25) is 0 Å². The number of aliphatic hydroxyl groups is 1. The van der Waals surface area contributed by atoms with Gasteiger partial charge in [0.15, 0.2) is 11.6 Å². The summed E-state index contributed by atoms with van der Waals surface area (Å²) in [5.74, 6) is 1.21. The zero-order chi connectivity index (χ0) is 23.8. The van der Waals surface area contributed by atoms with Crippen LogP contribution in [0.3, 0.4) is 0 Å². The fourth-order valence-corrected chi connectivity index (χ4v) is 4.78. The molecule has 0 amide bonds. The van der Waals surface area contributed by atoms with Crippen LogP contribution < -0.4 is 0 Å². The predicted octanol–water partition coefficient (Wildman–Crippen LogP) is 3.82. The highest BCUT2D eigenvalue weighted by Crippen LogP contribution is 2.29. The van der Waals surface area contributed by atoms with Crippen molar-refractivity contribution in [3.8, 4) is 17.2 Å². The number of rotatable bonds is 6. The van der Waals surface area contributed by atoms with E-state index in [1.165, 1.54) is 0 Å². The standard InChI is InChI=1S/C24H28N6O2S/c1-16(29(5)33(32)24(2,3)4)20-11-12-25-23(28-20)17-9-10-18-14-26-30(21(18)13-17)22-8-6-7-19(15-31)27-22/h6-14,16,31H,15H2,1-5H3/t16-,33-/m1/s1. The average molecular weight is 465 g/mol. The molecule has 33 heavy (non-hydrogen) atoms. The van der Waals surface area contributed by atoms with E-state index in [9.17, 15) is 9.66 Å². The molecule has 3 aromatic heterocycles. The zero-order valence-electron chi connectivity index (χ0n) is 19.4. The van der Waals surface area contributed by atoms with E-state index in [0.717, 1.165) is 22.2 Å². The van der Waals surface area contributed by atoms with Crippen molar-refractivity contribution in [1.82, 2.24) is 29.0 Å². The van der Waals surface area contributed by atoms with Crippen molar-refractivity contribution in [1.29, 1.82) is 0 Å². The van der Waals surface area contributed by atoms with E-state index in [-0.39, 0.29) is 17.4 Å². The molecule has 1 aromatic carbocycles. The number of hydrogen-bond acceptors (Lipinski definition) is 7. The van der Waals surface area contributed by atoms with Crippen LogP contribution in [-0.2, 0) is 18.0 Å². The first kappa shape index (κ1) is 23.3. The van der Waals surface area contributed by atoms with Gasteiger partial charge < -0.3 is 9.66 Å². The van der Waals surface area contributed by atoms with Gasteiger partial charge in [0.05, 0.1) is 35.8 Å². The molecule has 3 heterocycles. The number of hydrogen-bond donors (Lipinski definition) is 1. The van der Waals surface area contributed by atoms with Crippen LogP contribution in [-0.4, -0.2) is 50.5 Å². The summed E-state index contributed by atoms with van der Waals surface area (Å²) < 4.78 is 16.1. The lowest BCUT2D eigenvalue weighted by Crippen LogP contribution is -2.42. The van der Waals surface area contributed by atoms with Crippen LogP contribution in [0.15, 0.2) is 54.9 Å². The summed E-state index contributed by atoms with van der Waals surface area (Å²) in [6.07, 6.45) is 3.51. The molecule has 1 N–H and O–H groups in total. The number of fused-ring (bicyclic) bond motifs is 1. The minimum atomic E-state index is -1.17. The first-order valence-corrected chi connectivity index (χ1v) is 11.8. The molecule has 0 saturated carbocycles. The summed E-state index contributed by atoms with van der Waals surface area (Å²) in [6.45, 7) is 7.74. The van der Waals surface area contributed by atoms with Gasteiger partial charge in [0.25, 0.3) is 0 Å². The van der Waals surface area contributed by atoms with E-state index in [1.807, 2.05) is 75.4 Å². The average Bonchev–Trinajstić information content (AvgIpc) is 3.25. The van der Waals surface area contributed by atoms with Crippen molar-refractivity contribution in [3.05, 3.63) is 66.2 Å². The van der Waals surface area contributed by atoms with Crippen molar-refractivity contribution in [3.63, 3.8) is 0 Å². The topological polar surface area (TPSA) is 103 Å². The van der Waals surface area contributed by atoms with Gasteiger partial charge in [0, 0.05) is 35.6 Å². The lowest BCUT2D eigenvalue weighted by Gasteiger charge is -2.33. The smallest absolute Gasteiger partial charge is 0.159 e. The maximum atomic E-state index is 12.8. The van der Waals surface area contributed by atoms with Gasteiger partial charge in [-0.3, -0.25) is 0 Å². The molecule has 8 nitrogen and oxygen atoms in total. The van der Waals surface area contributed by atoms with E-state index >= 15 is 0 Å². The van der Waals surface area contributed by atoms with Gasteiger partial charge >= 0.3 is 0 Å². The van der Waals surface area contributed by atoms with E-state index in [2.05, 4.69) is 15.1 Å². The van der Waals surface area contributed by atoms with Crippen molar-refractivity contribution >= 4 is 22.3 Å². The SMILES string of the molecule is C[C@H](c1ccnc(-c2ccc3cnn(-c4cccc(CO)n4)c3c2)n1)N(C)[S@+]([O-])C(C)(C)C. The third-order valence-corrected chi connectivity index (χ3v) is 7.32. The normalized spacial score (nSPS) is 14.1. The molecule has 0 unspecified atom stereocenters. The molecule has 0 saturated heterocycles. The highest BCUT2D eigenvalue weighted by Gasteiger charge is 2.34. The minimum absolute atomic E-state index is 0.133. The first-order valence-electron chi connectivity index (χ1n) is 10.7. The maximum absolute atomic E-state index is 12.8. The van der Waals surface area contributed by atoms with Crippen LogP contribution in [0.1, 0.15) is 45.1 Å². The Labute approximate surface area is 196 Å². The zero-order valence-corrected chi connectivity index (χ0v) is 20.2. The molecule has 4 aromatic rings. The van der Waals surface area contributed by atoms with E-state index in [1.54, 1.807) is 23.1 Å². The molecule has 0 aliphatic rings. The Kier molecular flexibility index (Phi) is 6.49. The Morgan fingerprint density at radius 3 is 2.67 bits per heavy atom. The lowest BCUT2D eigenvalue weighted by atomic mass is 10.1. The summed E-state index contributed by atoms with van der Waals surface area (Å²) in [5.41, 5.74) is 3.08. The fourth-order valence-electron chi connectivity index (χ4n) is 3.52. The molecule has 2 atom stereocenters. The second-order valence-corrected chi connectivity index (χ2v) is 11.2. The summed E-state index contributed by atoms with van der Waals surface area (Å²) in [7, 11) is 1.85. The highest BCUT2D eigenvalue weighted by atomic mass is 32.2. The van der Waals surface area contributed by atoms with Crippen molar-refractivity contribution in [2.45, 2.75) is 45.1 Å². The monoisotopic (exact) mass is 464 g/mol. The molecule has 0 bridgehead atoms. The molecule has 0 radical (unpaired) electrons. The Morgan fingerprint density at radius 2 is 1.94 bits per heavy atom. The molecule has 172 valence electrons. The minimum Gasteiger partial charge on any atom is -0.597 e. The molecule has 0 spiro atoms. The van der Waals surface area contributed by atoms with Crippen LogP contribution in [0.25, 0.3) is 28.1 Å². The Morgan fingerprint density at radius 1 is 1.15 bits per heavy atom.